The minimum atomic E-state index is -0.233. The Kier molecular flexibility index (Phi) is 6.11. The van der Waals surface area contributed by atoms with E-state index in [1.807, 2.05) is 6.92 Å². The molecule has 0 aliphatic heterocycles. The number of methoxy groups -OCH3 is 3. The predicted molar refractivity (Wildman–Crippen MR) is 76.7 cm³/mol. The average molecular weight is 282 g/mol. The number of ether oxygens (including phenoxy) is 3. The third-order valence-corrected chi connectivity index (χ3v) is 2.83. The number of carbonyl (C=O) groups excluding carboxylic acids is 1. The molecule has 112 valence electrons. The van der Waals surface area contributed by atoms with Crippen LogP contribution in [0.15, 0.2) is 12.1 Å². The maximum Gasteiger partial charge on any atom is 0.255 e. The normalized spacial score (nSPS) is 11.7. The van der Waals surface area contributed by atoms with E-state index in [-0.39, 0.29) is 11.9 Å². The highest BCUT2D eigenvalue weighted by molar-refractivity contribution is 5.98. The Labute approximate surface area is 119 Å². The Morgan fingerprint density at radius 1 is 1.20 bits per heavy atom. The second kappa shape index (κ2) is 7.59. The molecule has 0 aromatic heterocycles. The van der Waals surface area contributed by atoms with E-state index in [0.717, 1.165) is 0 Å². The van der Waals surface area contributed by atoms with Crippen molar-refractivity contribution in [3.05, 3.63) is 17.7 Å². The summed E-state index contributed by atoms with van der Waals surface area (Å²) in [6.45, 7) is 2.40. The Bertz CT molecular complexity index is 461. The van der Waals surface area contributed by atoms with E-state index in [0.29, 0.717) is 35.8 Å². The number of nitrogens with one attached hydrogen (secondary N) is 1. The number of carbonyl (C=O) groups is 1. The molecular weight excluding hydrogens is 260 g/mol. The first kappa shape index (κ1) is 16.1. The lowest BCUT2D eigenvalue weighted by atomic mass is 10.1. The lowest BCUT2D eigenvalue weighted by Gasteiger charge is -2.15. The maximum absolute atomic E-state index is 12.1. The molecule has 0 aliphatic rings. The highest BCUT2D eigenvalue weighted by Crippen LogP contribution is 2.39. The number of hydrogen-bond acceptors (Lipinski definition) is 5. The standard InChI is InChI=1S/C14H22N2O4/c1-9(15)7-8-16-14(17)10-5-6-11(18-2)13(20-4)12(10)19-3/h5-6,9H,7-8,15H2,1-4H3,(H,16,17). The molecule has 6 heteroatoms. The van der Waals surface area contributed by atoms with Gasteiger partial charge in [0.2, 0.25) is 5.75 Å². The molecule has 20 heavy (non-hydrogen) atoms. The van der Waals surface area contributed by atoms with Crippen LogP contribution in [0.2, 0.25) is 0 Å². The van der Waals surface area contributed by atoms with Gasteiger partial charge in [-0.25, -0.2) is 0 Å². The molecular formula is C14H22N2O4. The second-order valence-electron chi connectivity index (χ2n) is 4.40. The largest absolute Gasteiger partial charge is 0.493 e. The Hall–Kier alpha value is -1.95. The van der Waals surface area contributed by atoms with Gasteiger partial charge in [-0.15, -0.1) is 0 Å². The summed E-state index contributed by atoms with van der Waals surface area (Å²) in [5.41, 5.74) is 6.04. The highest BCUT2D eigenvalue weighted by atomic mass is 16.5. The van der Waals surface area contributed by atoms with E-state index < -0.39 is 0 Å². The van der Waals surface area contributed by atoms with Crippen molar-refractivity contribution in [1.29, 1.82) is 0 Å². The van der Waals surface area contributed by atoms with Crippen LogP contribution in [-0.4, -0.2) is 39.8 Å². The van der Waals surface area contributed by atoms with Crippen LogP contribution in [0, 0.1) is 0 Å². The zero-order valence-electron chi connectivity index (χ0n) is 12.4. The lowest BCUT2D eigenvalue weighted by Crippen LogP contribution is -2.29. The molecule has 1 rings (SSSR count). The van der Waals surface area contributed by atoms with Gasteiger partial charge in [-0.3, -0.25) is 4.79 Å². The molecule has 0 spiro atoms. The van der Waals surface area contributed by atoms with Gasteiger partial charge in [0.1, 0.15) is 0 Å². The van der Waals surface area contributed by atoms with Crippen LogP contribution in [0.5, 0.6) is 17.2 Å². The van der Waals surface area contributed by atoms with Crippen molar-refractivity contribution in [2.45, 2.75) is 19.4 Å². The van der Waals surface area contributed by atoms with Crippen molar-refractivity contribution >= 4 is 5.91 Å². The smallest absolute Gasteiger partial charge is 0.255 e. The summed E-state index contributed by atoms with van der Waals surface area (Å²) in [5, 5.41) is 2.80. The molecule has 0 aliphatic carbocycles. The summed E-state index contributed by atoms with van der Waals surface area (Å²) >= 11 is 0. The Morgan fingerprint density at radius 3 is 2.35 bits per heavy atom. The van der Waals surface area contributed by atoms with E-state index in [1.54, 1.807) is 12.1 Å². The van der Waals surface area contributed by atoms with Crippen molar-refractivity contribution in [1.82, 2.24) is 5.32 Å². The first-order valence-corrected chi connectivity index (χ1v) is 6.37. The van der Waals surface area contributed by atoms with Gasteiger partial charge in [-0.05, 0) is 25.5 Å². The Balaban J connectivity index is 2.97. The SMILES string of the molecule is COc1ccc(C(=O)NCCC(C)N)c(OC)c1OC. The third-order valence-electron chi connectivity index (χ3n) is 2.83. The number of rotatable bonds is 7. The zero-order chi connectivity index (χ0) is 15.1. The molecule has 0 heterocycles. The summed E-state index contributed by atoms with van der Waals surface area (Å²) in [6.07, 6.45) is 0.710. The van der Waals surface area contributed by atoms with Crippen molar-refractivity contribution < 1.29 is 19.0 Å². The number of hydrogen-bond donors (Lipinski definition) is 2. The van der Waals surface area contributed by atoms with Crippen LogP contribution in [0.4, 0.5) is 0 Å². The van der Waals surface area contributed by atoms with Crippen LogP contribution in [0.25, 0.3) is 0 Å². The molecule has 1 unspecified atom stereocenters. The van der Waals surface area contributed by atoms with Crippen molar-refractivity contribution in [2.75, 3.05) is 27.9 Å². The molecule has 0 saturated carbocycles. The minimum absolute atomic E-state index is 0.0441. The fourth-order valence-corrected chi connectivity index (χ4v) is 1.79. The molecule has 0 bridgehead atoms. The molecule has 1 aromatic carbocycles. The molecule has 3 N–H and O–H groups in total. The van der Waals surface area contributed by atoms with Crippen LogP contribution in [-0.2, 0) is 0 Å². The van der Waals surface area contributed by atoms with Gasteiger partial charge in [-0.1, -0.05) is 0 Å². The van der Waals surface area contributed by atoms with Crippen LogP contribution in [0.3, 0.4) is 0 Å². The fraction of sp³-hybridized carbons (Fsp3) is 0.500. The molecule has 1 amide bonds. The van der Waals surface area contributed by atoms with Crippen molar-refractivity contribution in [3.8, 4) is 17.2 Å². The van der Waals surface area contributed by atoms with Crippen LogP contribution >= 0.6 is 0 Å². The molecule has 0 saturated heterocycles. The van der Waals surface area contributed by atoms with Gasteiger partial charge >= 0.3 is 0 Å². The predicted octanol–water partition coefficient (Wildman–Crippen LogP) is 1.18. The van der Waals surface area contributed by atoms with Gasteiger partial charge in [0.25, 0.3) is 5.91 Å². The molecule has 6 nitrogen and oxygen atoms in total. The van der Waals surface area contributed by atoms with Gasteiger partial charge < -0.3 is 25.3 Å². The molecule has 0 radical (unpaired) electrons. The number of nitrogens with two attached hydrogens (primary N) is 1. The van der Waals surface area contributed by atoms with Crippen LogP contribution in [0.1, 0.15) is 23.7 Å². The summed E-state index contributed by atoms with van der Waals surface area (Å²) < 4.78 is 15.7. The fourth-order valence-electron chi connectivity index (χ4n) is 1.79. The minimum Gasteiger partial charge on any atom is -0.493 e. The van der Waals surface area contributed by atoms with Gasteiger partial charge in [0.15, 0.2) is 11.5 Å². The maximum atomic E-state index is 12.1. The van der Waals surface area contributed by atoms with E-state index in [1.165, 1.54) is 21.3 Å². The first-order valence-electron chi connectivity index (χ1n) is 6.37. The van der Waals surface area contributed by atoms with Gasteiger partial charge in [0.05, 0.1) is 26.9 Å². The van der Waals surface area contributed by atoms with Crippen molar-refractivity contribution in [2.24, 2.45) is 5.73 Å². The van der Waals surface area contributed by atoms with E-state index >= 15 is 0 Å². The first-order chi connectivity index (χ1) is 9.54. The highest BCUT2D eigenvalue weighted by Gasteiger charge is 2.20. The van der Waals surface area contributed by atoms with E-state index in [2.05, 4.69) is 5.32 Å². The van der Waals surface area contributed by atoms with Crippen molar-refractivity contribution in [3.63, 3.8) is 0 Å². The number of amides is 1. The average Bonchev–Trinajstić information content (AvgIpc) is 2.44. The summed E-state index contributed by atoms with van der Waals surface area (Å²) in [4.78, 5) is 12.1. The molecule has 1 aromatic rings. The van der Waals surface area contributed by atoms with E-state index in [4.69, 9.17) is 19.9 Å². The summed E-state index contributed by atoms with van der Waals surface area (Å²) in [5.74, 6) is 1.03. The Morgan fingerprint density at radius 2 is 1.85 bits per heavy atom. The number of benzene rings is 1. The van der Waals surface area contributed by atoms with Gasteiger partial charge in [0, 0.05) is 12.6 Å². The molecule has 0 fully saturated rings. The quantitative estimate of drug-likeness (QED) is 0.784. The third kappa shape index (κ3) is 3.77. The summed E-state index contributed by atoms with van der Waals surface area (Å²) in [7, 11) is 4.51. The summed E-state index contributed by atoms with van der Waals surface area (Å²) in [6, 6.07) is 3.35. The second-order valence-corrected chi connectivity index (χ2v) is 4.40. The van der Waals surface area contributed by atoms with Gasteiger partial charge in [-0.2, -0.15) is 0 Å². The van der Waals surface area contributed by atoms with Crippen LogP contribution < -0.4 is 25.3 Å². The molecule has 1 atom stereocenters. The monoisotopic (exact) mass is 282 g/mol. The van der Waals surface area contributed by atoms with E-state index in [9.17, 15) is 4.79 Å². The lowest BCUT2D eigenvalue weighted by molar-refractivity contribution is 0.0949. The topological polar surface area (TPSA) is 82.8 Å². The zero-order valence-corrected chi connectivity index (χ0v) is 12.4.